The smallest absolute Gasteiger partial charge is 0.407 e. The van der Waals surface area contributed by atoms with Crippen molar-refractivity contribution < 1.29 is 9.53 Å². The molecule has 1 saturated carbocycles. The van der Waals surface area contributed by atoms with Gasteiger partial charge in [-0.2, -0.15) is 0 Å². The largest absolute Gasteiger partial charge is 0.450 e. The highest BCUT2D eigenvalue weighted by atomic mass is 16.5. The first kappa shape index (κ1) is 15.6. The summed E-state index contributed by atoms with van der Waals surface area (Å²) in [7, 11) is 0. The molecule has 2 aliphatic rings. The van der Waals surface area contributed by atoms with Crippen LogP contribution in [0.1, 0.15) is 58.8 Å². The van der Waals surface area contributed by atoms with E-state index >= 15 is 0 Å². The molecule has 4 nitrogen and oxygen atoms in total. The van der Waals surface area contributed by atoms with E-state index < -0.39 is 0 Å². The van der Waals surface area contributed by atoms with Crippen molar-refractivity contribution in [1.29, 1.82) is 0 Å². The number of nitrogens with zero attached hydrogens (tertiary/aromatic N) is 1. The summed E-state index contributed by atoms with van der Waals surface area (Å²) in [6, 6.07) is 1.04. The quantitative estimate of drug-likeness (QED) is 0.813. The van der Waals surface area contributed by atoms with Crippen molar-refractivity contribution in [3.05, 3.63) is 0 Å². The number of amides is 1. The number of piperidine rings is 1. The Kier molecular flexibility index (Phi) is 6.14. The molecule has 2 atom stereocenters. The van der Waals surface area contributed by atoms with Gasteiger partial charge in [-0.25, -0.2) is 4.79 Å². The number of unbranched alkanes of at least 4 members (excludes halogenated alkanes) is 1. The maximum Gasteiger partial charge on any atom is 0.407 e. The molecule has 0 aromatic heterocycles. The number of hydrogen-bond donors (Lipinski definition) is 1. The van der Waals surface area contributed by atoms with Crippen LogP contribution in [0, 0.1) is 5.92 Å². The van der Waals surface area contributed by atoms with Gasteiger partial charge in [0.1, 0.15) is 0 Å². The Hall–Kier alpha value is -0.770. The molecular formula is C16H30N2O2. The molecule has 1 aliphatic heterocycles. The standard InChI is InChI=1S/C16H30N2O2/c1-3-5-7-13-10-14(17-16(19)20-4-2)12-18(11-13)15-8-6-9-15/h13-15H,3-12H2,1-2H3,(H,17,19). The zero-order valence-corrected chi connectivity index (χ0v) is 13.1. The van der Waals surface area contributed by atoms with Crippen molar-refractivity contribution in [3.8, 4) is 0 Å². The summed E-state index contributed by atoms with van der Waals surface area (Å²) in [6.45, 7) is 6.79. The van der Waals surface area contributed by atoms with E-state index in [0.717, 1.165) is 24.9 Å². The van der Waals surface area contributed by atoms with Gasteiger partial charge in [-0.1, -0.05) is 26.2 Å². The van der Waals surface area contributed by atoms with Gasteiger partial charge in [0.25, 0.3) is 0 Å². The van der Waals surface area contributed by atoms with Crippen molar-refractivity contribution in [3.63, 3.8) is 0 Å². The summed E-state index contributed by atoms with van der Waals surface area (Å²) >= 11 is 0. The van der Waals surface area contributed by atoms with E-state index in [9.17, 15) is 4.79 Å². The van der Waals surface area contributed by atoms with Crippen LogP contribution in [0.25, 0.3) is 0 Å². The summed E-state index contributed by atoms with van der Waals surface area (Å²) in [4.78, 5) is 14.3. The predicted molar refractivity (Wildman–Crippen MR) is 80.8 cm³/mol. The number of rotatable bonds is 6. The third kappa shape index (κ3) is 4.37. The molecule has 0 spiro atoms. The molecule has 4 heteroatoms. The molecule has 1 N–H and O–H groups in total. The topological polar surface area (TPSA) is 41.6 Å². The number of carbonyl (C=O) groups excluding carboxylic acids is 1. The zero-order chi connectivity index (χ0) is 14.4. The van der Waals surface area contributed by atoms with Gasteiger partial charge in [-0.05, 0) is 38.5 Å². The molecule has 0 aromatic rings. The van der Waals surface area contributed by atoms with Crippen molar-refractivity contribution >= 4 is 6.09 Å². The fourth-order valence-electron chi connectivity index (χ4n) is 3.44. The molecule has 0 bridgehead atoms. The second-order valence-electron chi connectivity index (χ2n) is 6.34. The molecule has 0 radical (unpaired) electrons. The molecule has 2 fully saturated rings. The Morgan fingerprint density at radius 3 is 2.70 bits per heavy atom. The number of ether oxygens (including phenoxy) is 1. The highest BCUT2D eigenvalue weighted by molar-refractivity contribution is 5.67. The third-order valence-corrected chi connectivity index (χ3v) is 4.72. The Bertz CT molecular complexity index is 305. The van der Waals surface area contributed by atoms with Crippen molar-refractivity contribution in [2.24, 2.45) is 5.92 Å². The van der Waals surface area contributed by atoms with Crippen LogP contribution in [0.5, 0.6) is 0 Å². The summed E-state index contributed by atoms with van der Waals surface area (Å²) in [5.74, 6) is 0.733. The van der Waals surface area contributed by atoms with Gasteiger partial charge in [0.2, 0.25) is 0 Å². The fourth-order valence-corrected chi connectivity index (χ4v) is 3.44. The van der Waals surface area contributed by atoms with Gasteiger partial charge in [0.05, 0.1) is 6.61 Å². The number of alkyl carbamates (subject to hydrolysis) is 1. The van der Waals surface area contributed by atoms with Crippen molar-refractivity contribution in [2.45, 2.75) is 70.9 Å². The van der Waals surface area contributed by atoms with E-state index in [1.807, 2.05) is 6.92 Å². The molecule has 2 rings (SSSR count). The minimum absolute atomic E-state index is 0.248. The van der Waals surface area contributed by atoms with Crippen LogP contribution in [0.15, 0.2) is 0 Å². The lowest BCUT2D eigenvalue weighted by molar-refractivity contribution is 0.0533. The molecule has 116 valence electrons. The number of nitrogens with one attached hydrogen (secondary N) is 1. The average Bonchev–Trinajstić information content (AvgIpc) is 2.34. The minimum Gasteiger partial charge on any atom is -0.450 e. The van der Waals surface area contributed by atoms with E-state index in [1.54, 1.807) is 0 Å². The van der Waals surface area contributed by atoms with Crippen molar-refractivity contribution in [2.75, 3.05) is 19.7 Å². The van der Waals surface area contributed by atoms with Crippen LogP contribution in [0.3, 0.4) is 0 Å². The first-order chi connectivity index (χ1) is 9.72. The molecule has 2 unspecified atom stereocenters. The lowest BCUT2D eigenvalue weighted by Crippen LogP contribution is -2.55. The Morgan fingerprint density at radius 1 is 1.30 bits per heavy atom. The van der Waals surface area contributed by atoms with Crippen LogP contribution in [-0.2, 0) is 4.74 Å². The number of likely N-dealkylation sites (tertiary alicyclic amines) is 1. The number of hydrogen-bond acceptors (Lipinski definition) is 3. The molecule has 1 saturated heterocycles. The maximum absolute atomic E-state index is 11.6. The second kappa shape index (κ2) is 7.87. The highest BCUT2D eigenvalue weighted by Crippen LogP contribution is 2.30. The monoisotopic (exact) mass is 282 g/mol. The first-order valence-electron chi connectivity index (χ1n) is 8.40. The van der Waals surface area contributed by atoms with Crippen LogP contribution < -0.4 is 5.32 Å². The Labute approximate surface area is 123 Å². The van der Waals surface area contributed by atoms with Crippen LogP contribution in [0.4, 0.5) is 4.79 Å². The van der Waals surface area contributed by atoms with Crippen LogP contribution >= 0.6 is 0 Å². The zero-order valence-electron chi connectivity index (χ0n) is 13.1. The van der Waals surface area contributed by atoms with E-state index in [2.05, 4.69) is 17.1 Å². The SMILES string of the molecule is CCCCC1CC(NC(=O)OCC)CN(C2CCC2)C1. The Morgan fingerprint density at radius 2 is 2.10 bits per heavy atom. The minimum atomic E-state index is -0.248. The molecule has 1 aliphatic carbocycles. The van der Waals surface area contributed by atoms with Gasteiger partial charge in [0, 0.05) is 25.2 Å². The maximum atomic E-state index is 11.6. The third-order valence-electron chi connectivity index (χ3n) is 4.72. The van der Waals surface area contributed by atoms with Crippen LogP contribution in [-0.4, -0.2) is 42.8 Å². The average molecular weight is 282 g/mol. The molecule has 20 heavy (non-hydrogen) atoms. The molecule has 0 aromatic carbocycles. The van der Waals surface area contributed by atoms with E-state index in [1.165, 1.54) is 45.1 Å². The number of carbonyl (C=O) groups is 1. The van der Waals surface area contributed by atoms with Crippen LogP contribution in [0.2, 0.25) is 0 Å². The summed E-state index contributed by atoms with van der Waals surface area (Å²) in [5, 5.41) is 3.06. The van der Waals surface area contributed by atoms with Gasteiger partial charge < -0.3 is 10.1 Å². The summed E-state index contributed by atoms with van der Waals surface area (Å²) in [5.41, 5.74) is 0. The lowest BCUT2D eigenvalue weighted by Gasteiger charge is -2.45. The predicted octanol–water partition coefficient (Wildman–Crippen LogP) is 3.17. The first-order valence-corrected chi connectivity index (χ1v) is 8.40. The molecular weight excluding hydrogens is 252 g/mol. The molecule has 1 heterocycles. The van der Waals surface area contributed by atoms with E-state index in [-0.39, 0.29) is 12.1 Å². The van der Waals surface area contributed by atoms with E-state index in [0.29, 0.717) is 6.61 Å². The van der Waals surface area contributed by atoms with E-state index in [4.69, 9.17) is 4.74 Å². The highest BCUT2D eigenvalue weighted by Gasteiger charge is 2.34. The van der Waals surface area contributed by atoms with Gasteiger partial charge in [-0.15, -0.1) is 0 Å². The lowest BCUT2D eigenvalue weighted by atomic mass is 9.84. The Balaban J connectivity index is 1.86. The van der Waals surface area contributed by atoms with Crippen molar-refractivity contribution in [1.82, 2.24) is 10.2 Å². The van der Waals surface area contributed by atoms with Gasteiger partial charge in [-0.3, -0.25) is 4.90 Å². The van der Waals surface area contributed by atoms with Gasteiger partial charge in [0.15, 0.2) is 0 Å². The van der Waals surface area contributed by atoms with Gasteiger partial charge >= 0.3 is 6.09 Å². The summed E-state index contributed by atoms with van der Waals surface area (Å²) < 4.78 is 5.03. The normalized spacial score (nSPS) is 27.9. The molecule has 1 amide bonds. The summed E-state index contributed by atoms with van der Waals surface area (Å²) in [6.07, 6.45) is 8.77. The fraction of sp³-hybridized carbons (Fsp3) is 0.938. The second-order valence-corrected chi connectivity index (χ2v) is 6.34.